The number of hydrogen-bond donors (Lipinski definition) is 1. The van der Waals surface area contributed by atoms with Gasteiger partial charge in [-0.2, -0.15) is 0 Å². The van der Waals surface area contributed by atoms with Crippen molar-refractivity contribution in [1.82, 2.24) is 0 Å². The first kappa shape index (κ1) is 15.1. The minimum atomic E-state index is -0.943. The average molecular weight is 284 g/mol. The molecule has 0 saturated heterocycles. The van der Waals surface area contributed by atoms with Crippen molar-refractivity contribution in [1.29, 1.82) is 0 Å². The number of carboxylic acids is 1. The Morgan fingerprint density at radius 2 is 1.71 bits per heavy atom. The number of rotatable bonds is 6. The van der Waals surface area contributed by atoms with Crippen LogP contribution in [0.1, 0.15) is 23.6 Å². The summed E-state index contributed by atoms with van der Waals surface area (Å²) in [5, 5.41) is 9.39. The number of carbonyl (C=O) groups is 1. The maximum Gasteiger partial charge on any atom is 0.345 e. The van der Waals surface area contributed by atoms with Crippen LogP contribution in [0.3, 0.4) is 0 Å². The quantitative estimate of drug-likeness (QED) is 0.881. The summed E-state index contributed by atoms with van der Waals surface area (Å²) in [4.78, 5) is 11.4. The molecule has 2 rings (SSSR count). The molecule has 1 unspecified atom stereocenters. The van der Waals surface area contributed by atoms with Gasteiger partial charge in [-0.15, -0.1) is 0 Å². The van der Waals surface area contributed by atoms with Gasteiger partial charge >= 0.3 is 5.97 Å². The molecule has 21 heavy (non-hydrogen) atoms. The summed E-state index contributed by atoms with van der Waals surface area (Å²) >= 11 is 0. The van der Waals surface area contributed by atoms with E-state index in [1.807, 2.05) is 43.3 Å². The molecule has 0 saturated carbocycles. The molecule has 3 nitrogen and oxygen atoms in total. The highest BCUT2D eigenvalue weighted by molar-refractivity contribution is 5.73. The van der Waals surface area contributed by atoms with Crippen LogP contribution in [-0.4, -0.2) is 17.2 Å². The predicted molar refractivity (Wildman–Crippen MR) is 82.8 cm³/mol. The third-order valence-electron chi connectivity index (χ3n) is 3.48. The average Bonchev–Trinajstić information content (AvgIpc) is 2.49. The second-order valence-electron chi connectivity index (χ2n) is 5.08. The van der Waals surface area contributed by atoms with Crippen molar-refractivity contribution in [2.24, 2.45) is 0 Å². The molecule has 1 atom stereocenters. The Morgan fingerprint density at radius 3 is 2.29 bits per heavy atom. The van der Waals surface area contributed by atoms with Crippen molar-refractivity contribution in [3.63, 3.8) is 0 Å². The molecule has 0 fully saturated rings. The molecule has 0 radical (unpaired) electrons. The second-order valence-corrected chi connectivity index (χ2v) is 5.08. The standard InChI is InChI=1S/C18H20O3/c1-3-14-6-4-5-7-15(14)12-17(18(19)20)21-16-10-8-13(2)9-11-16/h4-11,17H,3,12H2,1-2H3,(H,19,20). The predicted octanol–water partition coefficient (Wildman–Crippen LogP) is 3.63. The zero-order valence-corrected chi connectivity index (χ0v) is 12.4. The van der Waals surface area contributed by atoms with E-state index in [1.165, 1.54) is 0 Å². The molecule has 0 aliphatic carbocycles. The molecule has 0 spiro atoms. The van der Waals surface area contributed by atoms with E-state index in [0.29, 0.717) is 12.2 Å². The highest BCUT2D eigenvalue weighted by atomic mass is 16.5. The molecule has 0 amide bonds. The molecule has 0 bridgehead atoms. The first-order valence-electron chi connectivity index (χ1n) is 7.13. The SMILES string of the molecule is CCc1ccccc1CC(Oc1ccc(C)cc1)C(=O)O. The number of hydrogen-bond acceptors (Lipinski definition) is 2. The lowest BCUT2D eigenvalue weighted by Crippen LogP contribution is -2.29. The fraction of sp³-hybridized carbons (Fsp3) is 0.278. The van der Waals surface area contributed by atoms with E-state index in [9.17, 15) is 9.90 Å². The molecule has 110 valence electrons. The van der Waals surface area contributed by atoms with Crippen LogP contribution >= 0.6 is 0 Å². The Labute approximate surface area is 125 Å². The van der Waals surface area contributed by atoms with E-state index in [0.717, 1.165) is 23.1 Å². The second kappa shape index (κ2) is 6.93. The van der Waals surface area contributed by atoms with Crippen molar-refractivity contribution in [3.8, 4) is 5.75 Å². The number of carboxylic acid groups (broad SMARTS) is 1. The van der Waals surface area contributed by atoms with Gasteiger partial charge in [0.1, 0.15) is 5.75 Å². The summed E-state index contributed by atoms with van der Waals surface area (Å²) in [5.41, 5.74) is 3.31. The van der Waals surface area contributed by atoms with Crippen molar-refractivity contribution in [2.75, 3.05) is 0 Å². The summed E-state index contributed by atoms with van der Waals surface area (Å²) in [6.07, 6.45) is 0.376. The van der Waals surface area contributed by atoms with Gasteiger partial charge in [0.2, 0.25) is 0 Å². The molecule has 0 aliphatic heterocycles. The van der Waals surface area contributed by atoms with Gasteiger partial charge in [0.05, 0.1) is 0 Å². The normalized spacial score (nSPS) is 11.9. The summed E-state index contributed by atoms with van der Waals surface area (Å²) < 4.78 is 5.63. The van der Waals surface area contributed by atoms with E-state index < -0.39 is 12.1 Å². The van der Waals surface area contributed by atoms with Gasteiger partial charge in [-0.25, -0.2) is 4.79 Å². The van der Waals surface area contributed by atoms with Gasteiger partial charge in [-0.1, -0.05) is 48.9 Å². The fourth-order valence-electron chi connectivity index (χ4n) is 2.26. The highest BCUT2D eigenvalue weighted by Crippen LogP contribution is 2.18. The van der Waals surface area contributed by atoms with Crippen LogP contribution in [-0.2, 0) is 17.6 Å². The van der Waals surface area contributed by atoms with Crippen LogP contribution < -0.4 is 4.74 Å². The maximum absolute atomic E-state index is 11.4. The minimum absolute atomic E-state index is 0.368. The monoisotopic (exact) mass is 284 g/mol. The van der Waals surface area contributed by atoms with Crippen molar-refractivity contribution >= 4 is 5.97 Å². The van der Waals surface area contributed by atoms with E-state index >= 15 is 0 Å². The zero-order chi connectivity index (χ0) is 15.2. The van der Waals surface area contributed by atoms with E-state index in [-0.39, 0.29) is 0 Å². The molecular weight excluding hydrogens is 264 g/mol. The van der Waals surface area contributed by atoms with Crippen molar-refractivity contribution in [2.45, 2.75) is 32.8 Å². The smallest absolute Gasteiger partial charge is 0.345 e. The van der Waals surface area contributed by atoms with Crippen LogP contribution in [0, 0.1) is 6.92 Å². The molecule has 0 aliphatic rings. The Hall–Kier alpha value is -2.29. The molecule has 0 aromatic heterocycles. The van der Waals surface area contributed by atoms with E-state index in [2.05, 4.69) is 6.92 Å². The first-order valence-corrected chi connectivity index (χ1v) is 7.13. The summed E-state index contributed by atoms with van der Waals surface area (Å²) in [6, 6.07) is 15.3. The zero-order valence-electron chi connectivity index (χ0n) is 12.4. The molecular formula is C18H20O3. The van der Waals surface area contributed by atoms with Crippen molar-refractivity contribution < 1.29 is 14.6 Å². The number of aryl methyl sites for hydroxylation is 2. The van der Waals surface area contributed by atoms with E-state index in [1.54, 1.807) is 12.1 Å². The summed E-state index contributed by atoms with van der Waals surface area (Å²) in [5.74, 6) is -0.358. The van der Waals surface area contributed by atoms with Crippen LogP contribution in [0.4, 0.5) is 0 Å². The topological polar surface area (TPSA) is 46.5 Å². The van der Waals surface area contributed by atoms with Crippen LogP contribution in [0.2, 0.25) is 0 Å². The van der Waals surface area contributed by atoms with Crippen molar-refractivity contribution in [3.05, 3.63) is 65.2 Å². The molecule has 0 heterocycles. The fourth-order valence-corrected chi connectivity index (χ4v) is 2.26. The first-order chi connectivity index (χ1) is 10.1. The lowest BCUT2D eigenvalue weighted by molar-refractivity contribution is -0.145. The highest BCUT2D eigenvalue weighted by Gasteiger charge is 2.21. The number of ether oxygens (including phenoxy) is 1. The molecule has 3 heteroatoms. The summed E-state index contributed by atoms with van der Waals surface area (Å²) in [6.45, 7) is 4.05. The van der Waals surface area contributed by atoms with Crippen LogP contribution in [0.15, 0.2) is 48.5 Å². The van der Waals surface area contributed by atoms with Crippen LogP contribution in [0.25, 0.3) is 0 Å². The maximum atomic E-state index is 11.4. The Morgan fingerprint density at radius 1 is 1.10 bits per heavy atom. The Bertz CT molecular complexity index is 602. The van der Waals surface area contributed by atoms with Gasteiger partial charge in [0, 0.05) is 6.42 Å². The number of benzene rings is 2. The molecule has 1 N–H and O–H groups in total. The van der Waals surface area contributed by atoms with Gasteiger partial charge in [0.15, 0.2) is 6.10 Å². The molecule has 2 aromatic carbocycles. The summed E-state index contributed by atoms with van der Waals surface area (Å²) in [7, 11) is 0. The van der Waals surface area contributed by atoms with E-state index in [4.69, 9.17) is 4.74 Å². The lowest BCUT2D eigenvalue weighted by Gasteiger charge is -2.17. The van der Waals surface area contributed by atoms with Gasteiger partial charge < -0.3 is 9.84 Å². The third-order valence-corrected chi connectivity index (χ3v) is 3.48. The Kier molecular flexibility index (Phi) is 4.99. The molecule has 2 aromatic rings. The largest absolute Gasteiger partial charge is 0.478 e. The van der Waals surface area contributed by atoms with Gasteiger partial charge in [-0.3, -0.25) is 0 Å². The van der Waals surface area contributed by atoms with Gasteiger partial charge in [-0.05, 0) is 36.6 Å². The number of aliphatic carboxylic acids is 1. The van der Waals surface area contributed by atoms with Gasteiger partial charge in [0.25, 0.3) is 0 Å². The third kappa shape index (κ3) is 4.09. The van der Waals surface area contributed by atoms with Crippen LogP contribution in [0.5, 0.6) is 5.75 Å². The Balaban J connectivity index is 2.16. The minimum Gasteiger partial charge on any atom is -0.478 e. The lowest BCUT2D eigenvalue weighted by atomic mass is 10.00.